The van der Waals surface area contributed by atoms with E-state index < -0.39 is 0 Å². The molecule has 4 aromatic rings. The van der Waals surface area contributed by atoms with Crippen LogP contribution < -0.4 is 20.7 Å². The third-order valence-electron chi connectivity index (χ3n) is 6.56. The van der Waals surface area contributed by atoms with Gasteiger partial charge in [-0.2, -0.15) is 0 Å². The van der Waals surface area contributed by atoms with E-state index in [2.05, 4.69) is 25.9 Å². The maximum absolute atomic E-state index is 12.7. The molecule has 3 N–H and O–H groups in total. The molecule has 2 aromatic heterocycles. The molecule has 8 heteroatoms. The van der Waals surface area contributed by atoms with Gasteiger partial charge in [-0.1, -0.05) is 0 Å². The van der Waals surface area contributed by atoms with Crippen molar-refractivity contribution in [2.75, 3.05) is 32.1 Å². The third-order valence-corrected chi connectivity index (χ3v) is 6.56. The zero-order chi connectivity index (χ0) is 24.2. The third kappa shape index (κ3) is 4.97. The molecule has 0 spiro atoms. The molecule has 1 amide bonds. The van der Waals surface area contributed by atoms with Gasteiger partial charge in [-0.3, -0.25) is 9.20 Å². The highest BCUT2D eigenvalue weighted by Crippen LogP contribution is 2.27. The first-order valence-corrected chi connectivity index (χ1v) is 12.0. The van der Waals surface area contributed by atoms with Crippen molar-refractivity contribution >= 4 is 23.1 Å². The van der Waals surface area contributed by atoms with Crippen molar-refractivity contribution in [3.05, 3.63) is 72.2 Å². The SMILES string of the molecule is COc1ccc(-c2cnc3c(Nc4ccc(C(=O)NCC5CCNCC5)c(C)c4)nccn23)cc1. The Hall–Kier alpha value is -3.91. The highest BCUT2D eigenvalue weighted by atomic mass is 16.5. The monoisotopic (exact) mass is 470 g/mol. The molecular formula is C27H30N6O2. The number of hydrogen-bond acceptors (Lipinski definition) is 6. The van der Waals surface area contributed by atoms with E-state index in [1.807, 2.05) is 66.2 Å². The van der Waals surface area contributed by atoms with Crippen LogP contribution in [0.15, 0.2) is 61.1 Å². The number of anilines is 2. The van der Waals surface area contributed by atoms with E-state index in [0.29, 0.717) is 17.3 Å². The minimum atomic E-state index is -0.0230. The van der Waals surface area contributed by atoms with Gasteiger partial charge in [0.1, 0.15) is 5.75 Å². The summed E-state index contributed by atoms with van der Waals surface area (Å²) >= 11 is 0. The predicted octanol–water partition coefficient (Wildman–Crippen LogP) is 4.19. The zero-order valence-corrected chi connectivity index (χ0v) is 20.0. The van der Waals surface area contributed by atoms with Gasteiger partial charge in [0.25, 0.3) is 5.91 Å². The predicted molar refractivity (Wildman–Crippen MR) is 137 cm³/mol. The molecule has 1 fully saturated rings. The summed E-state index contributed by atoms with van der Waals surface area (Å²) < 4.78 is 7.27. The van der Waals surface area contributed by atoms with Gasteiger partial charge < -0.3 is 20.7 Å². The van der Waals surface area contributed by atoms with Crippen molar-refractivity contribution in [3.8, 4) is 17.0 Å². The number of benzene rings is 2. The molecule has 3 heterocycles. The van der Waals surface area contributed by atoms with E-state index in [0.717, 1.165) is 66.4 Å². The number of methoxy groups -OCH3 is 1. The average Bonchev–Trinajstić information content (AvgIpc) is 3.33. The Morgan fingerprint density at radius 1 is 1.14 bits per heavy atom. The van der Waals surface area contributed by atoms with Crippen molar-refractivity contribution in [2.24, 2.45) is 5.92 Å². The largest absolute Gasteiger partial charge is 0.497 e. The molecule has 5 rings (SSSR count). The molecule has 35 heavy (non-hydrogen) atoms. The van der Waals surface area contributed by atoms with Crippen LogP contribution in [0.5, 0.6) is 5.75 Å². The van der Waals surface area contributed by atoms with Crippen LogP contribution in [0, 0.1) is 12.8 Å². The number of fused-ring (bicyclic) bond motifs is 1. The number of aromatic nitrogens is 3. The van der Waals surface area contributed by atoms with Crippen LogP contribution in [-0.2, 0) is 0 Å². The first-order chi connectivity index (χ1) is 17.1. The number of imidazole rings is 1. The maximum atomic E-state index is 12.7. The summed E-state index contributed by atoms with van der Waals surface area (Å²) in [6.45, 7) is 4.73. The van der Waals surface area contributed by atoms with E-state index in [4.69, 9.17) is 4.74 Å². The molecule has 1 saturated heterocycles. The lowest BCUT2D eigenvalue weighted by Gasteiger charge is -2.23. The highest BCUT2D eigenvalue weighted by molar-refractivity contribution is 5.96. The van der Waals surface area contributed by atoms with Crippen LogP contribution in [0.2, 0.25) is 0 Å². The van der Waals surface area contributed by atoms with Crippen LogP contribution in [0.25, 0.3) is 16.9 Å². The minimum Gasteiger partial charge on any atom is -0.497 e. The summed E-state index contributed by atoms with van der Waals surface area (Å²) in [6.07, 6.45) is 7.70. The number of nitrogens with zero attached hydrogens (tertiary/aromatic N) is 3. The van der Waals surface area contributed by atoms with Crippen LogP contribution >= 0.6 is 0 Å². The summed E-state index contributed by atoms with van der Waals surface area (Å²) in [5.41, 5.74) is 5.17. The molecule has 0 saturated carbocycles. The Labute approximate surface area is 204 Å². The number of aryl methyl sites for hydroxylation is 1. The number of ether oxygens (including phenoxy) is 1. The fraction of sp³-hybridized carbons (Fsp3) is 0.296. The van der Waals surface area contributed by atoms with E-state index in [-0.39, 0.29) is 5.91 Å². The number of amides is 1. The van der Waals surface area contributed by atoms with Gasteiger partial charge in [-0.25, -0.2) is 9.97 Å². The van der Waals surface area contributed by atoms with Crippen LogP contribution in [0.4, 0.5) is 11.5 Å². The second-order valence-corrected chi connectivity index (χ2v) is 8.90. The summed E-state index contributed by atoms with van der Waals surface area (Å²) in [6, 6.07) is 13.6. The molecule has 0 unspecified atom stereocenters. The number of nitrogens with one attached hydrogen (secondary N) is 3. The second kappa shape index (κ2) is 10.1. The Morgan fingerprint density at radius 3 is 2.69 bits per heavy atom. The van der Waals surface area contributed by atoms with E-state index in [9.17, 15) is 4.79 Å². The average molecular weight is 471 g/mol. The quantitative estimate of drug-likeness (QED) is 0.375. The fourth-order valence-corrected chi connectivity index (χ4v) is 4.53. The molecular weight excluding hydrogens is 440 g/mol. The van der Waals surface area contributed by atoms with Crippen LogP contribution in [0.3, 0.4) is 0 Å². The number of piperidine rings is 1. The van der Waals surface area contributed by atoms with E-state index >= 15 is 0 Å². The smallest absolute Gasteiger partial charge is 0.251 e. The summed E-state index contributed by atoms with van der Waals surface area (Å²) in [5.74, 6) is 1.98. The van der Waals surface area contributed by atoms with Gasteiger partial charge in [0.05, 0.1) is 19.0 Å². The van der Waals surface area contributed by atoms with Crippen molar-refractivity contribution in [1.29, 1.82) is 0 Å². The van der Waals surface area contributed by atoms with Gasteiger partial charge in [0.2, 0.25) is 0 Å². The van der Waals surface area contributed by atoms with Gasteiger partial charge in [0.15, 0.2) is 11.5 Å². The van der Waals surface area contributed by atoms with Gasteiger partial charge >= 0.3 is 0 Å². The maximum Gasteiger partial charge on any atom is 0.251 e. The number of carbonyl (C=O) groups is 1. The Bertz CT molecular complexity index is 1330. The molecule has 0 radical (unpaired) electrons. The minimum absolute atomic E-state index is 0.0230. The lowest BCUT2D eigenvalue weighted by Crippen LogP contribution is -2.36. The molecule has 2 aromatic carbocycles. The van der Waals surface area contributed by atoms with Gasteiger partial charge in [0, 0.05) is 35.8 Å². The van der Waals surface area contributed by atoms with Gasteiger partial charge in [-0.05, 0) is 86.8 Å². The summed E-state index contributed by atoms with van der Waals surface area (Å²) in [7, 11) is 1.66. The first kappa shape index (κ1) is 22.9. The standard InChI is InChI=1S/C27H30N6O2/c1-18-15-21(5-8-23(18)27(34)31-16-19-9-11-28-12-10-19)32-25-26-30-17-24(33(26)14-13-29-25)20-3-6-22(35-2)7-4-20/h3-8,13-15,17,19,28H,9-12,16H2,1-2H3,(H,29,32)(H,31,34). The molecule has 0 atom stereocenters. The van der Waals surface area contributed by atoms with Crippen molar-refractivity contribution < 1.29 is 9.53 Å². The summed E-state index contributed by atoms with van der Waals surface area (Å²) in [5, 5.41) is 9.83. The Balaban J connectivity index is 1.32. The summed E-state index contributed by atoms with van der Waals surface area (Å²) in [4.78, 5) is 21.9. The molecule has 1 aliphatic rings. The molecule has 0 bridgehead atoms. The topological polar surface area (TPSA) is 92.6 Å². The molecule has 1 aliphatic heterocycles. The van der Waals surface area contributed by atoms with Crippen LogP contribution in [0.1, 0.15) is 28.8 Å². The normalized spacial score (nSPS) is 14.1. The number of carbonyl (C=O) groups excluding carboxylic acids is 1. The van der Waals surface area contributed by atoms with Crippen LogP contribution in [-0.4, -0.2) is 47.0 Å². The molecule has 180 valence electrons. The van der Waals surface area contributed by atoms with E-state index in [1.165, 1.54) is 0 Å². The zero-order valence-electron chi connectivity index (χ0n) is 20.0. The van der Waals surface area contributed by atoms with Gasteiger partial charge in [-0.15, -0.1) is 0 Å². The Kier molecular flexibility index (Phi) is 6.63. The van der Waals surface area contributed by atoms with Crippen molar-refractivity contribution in [1.82, 2.24) is 25.0 Å². The first-order valence-electron chi connectivity index (χ1n) is 12.0. The lowest BCUT2D eigenvalue weighted by molar-refractivity contribution is 0.0943. The van der Waals surface area contributed by atoms with Crippen molar-refractivity contribution in [3.63, 3.8) is 0 Å². The highest BCUT2D eigenvalue weighted by Gasteiger charge is 2.16. The molecule has 8 nitrogen and oxygen atoms in total. The van der Waals surface area contributed by atoms with E-state index in [1.54, 1.807) is 13.3 Å². The number of rotatable bonds is 7. The Morgan fingerprint density at radius 2 is 1.94 bits per heavy atom. The second-order valence-electron chi connectivity index (χ2n) is 8.90. The van der Waals surface area contributed by atoms with Crippen molar-refractivity contribution in [2.45, 2.75) is 19.8 Å². The molecule has 0 aliphatic carbocycles. The lowest BCUT2D eigenvalue weighted by atomic mass is 9.98. The fourth-order valence-electron chi connectivity index (χ4n) is 4.53. The number of hydrogen-bond donors (Lipinski definition) is 3.